The molecule has 0 aliphatic carbocycles. The number of nitrogens with one attached hydrogen (secondary N) is 2. The van der Waals surface area contributed by atoms with E-state index in [1.54, 1.807) is 0 Å². The van der Waals surface area contributed by atoms with Crippen LogP contribution in [0.3, 0.4) is 0 Å². The van der Waals surface area contributed by atoms with Gasteiger partial charge >= 0.3 is 0 Å². The number of benzene rings is 2. The van der Waals surface area contributed by atoms with Crippen molar-refractivity contribution in [3.8, 4) is 5.75 Å². The van der Waals surface area contributed by atoms with Crippen molar-refractivity contribution in [3.05, 3.63) is 59.2 Å². The van der Waals surface area contributed by atoms with Crippen molar-refractivity contribution in [3.63, 3.8) is 0 Å². The standard InChI is InChI=1S/C20H24N2OS/c1-13-9-10-16(14(2)11-13)21-19(24)22-17-12-20(3,4)23-18-8-6-5-7-15(17)18/h5-11,17H,12H2,1-4H3,(H2,21,22,24). The molecule has 2 N–H and O–H groups in total. The molecule has 0 spiro atoms. The lowest BCUT2D eigenvalue weighted by Crippen LogP contribution is -2.42. The van der Waals surface area contributed by atoms with Gasteiger partial charge in [0.15, 0.2) is 5.11 Å². The Hall–Kier alpha value is -2.07. The van der Waals surface area contributed by atoms with E-state index in [1.807, 2.05) is 18.2 Å². The zero-order valence-electron chi connectivity index (χ0n) is 14.6. The molecule has 3 nitrogen and oxygen atoms in total. The molecule has 0 aromatic heterocycles. The Bertz CT molecular complexity index is 770. The molecular weight excluding hydrogens is 316 g/mol. The monoisotopic (exact) mass is 340 g/mol. The van der Waals surface area contributed by atoms with Gasteiger partial charge < -0.3 is 15.4 Å². The molecule has 1 aliphatic heterocycles. The Kier molecular flexibility index (Phi) is 4.50. The van der Waals surface area contributed by atoms with Gasteiger partial charge in [0.1, 0.15) is 11.4 Å². The van der Waals surface area contributed by atoms with Crippen LogP contribution < -0.4 is 15.4 Å². The fraction of sp³-hybridized carbons (Fsp3) is 0.350. The highest BCUT2D eigenvalue weighted by Gasteiger charge is 2.33. The Morgan fingerprint density at radius 2 is 1.92 bits per heavy atom. The summed E-state index contributed by atoms with van der Waals surface area (Å²) in [5.41, 5.74) is 4.41. The number of anilines is 1. The molecule has 24 heavy (non-hydrogen) atoms. The minimum absolute atomic E-state index is 0.135. The predicted molar refractivity (Wildman–Crippen MR) is 104 cm³/mol. The van der Waals surface area contributed by atoms with Crippen LogP contribution in [-0.2, 0) is 0 Å². The smallest absolute Gasteiger partial charge is 0.171 e. The van der Waals surface area contributed by atoms with Crippen molar-refractivity contribution >= 4 is 23.0 Å². The normalized spacial score (nSPS) is 18.2. The number of hydrogen-bond acceptors (Lipinski definition) is 2. The summed E-state index contributed by atoms with van der Waals surface area (Å²) in [6.07, 6.45) is 0.860. The Morgan fingerprint density at radius 3 is 2.67 bits per heavy atom. The van der Waals surface area contributed by atoms with Crippen LogP contribution in [0.4, 0.5) is 5.69 Å². The lowest BCUT2D eigenvalue weighted by atomic mass is 9.90. The maximum atomic E-state index is 6.08. The number of aryl methyl sites for hydroxylation is 2. The number of para-hydroxylation sites is 1. The van der Waals surface area contributed by atoms with Gasteiger partial charge in [0.2, 0.25) is 0 Å². The Labute approximate surface area is 149 Å². The van der Waals surface area contributed by atoms with Gasteiger partial charge in [0.25, 0.3) is 0 Å². The second kappa shape index (κ2) is 6.44. The average Bonchev–Trinajstić information content (AvgIpc) is 2.49. The third-order valence-corrected chi connectivity index (χ3v) is 4.53. The van der Waals surface area contributed by atoms with Crippen molar-refractivity contribution in [2.24, 2.45) is 0 Å². The predicted octanol–water partition coefficient (Wildman–Crippen LogP) is 4.89. The lowest BCUT2D eigenvalue weighted by molar-refractivity contribution is 0.0697. The molecule has 1 aliphatic rings. The lowest BCUT2D eigenvalue weighted by Gasteiger charge is -2.38. The van der Waals surface area contributed by atoms with E-state index in [4.69, 9.17) is 17.0 Å². The molecule has 4 heteroatoms. The molecule has 0 radical (unpaired) electrons. The minimum Gasteiger partial charge on any atom is -0.487 e. The zero-order chi connectivity index (χ0) is 17.3. The summed E-state index contributed by atoms with van der Waals surface area (Å²) in [7, 11) is 0. The SMILES string of the molecule is Cc1ccc(NC(=S)NC2CC(C)(C)Oc3ccccc32)c(C)c1. The van der Waals surface area contributed by atoms with E-state index in [0.29, 0.717) is 5.11 Å². The van der Waals surface area contributed by atoms with Gasteiger partial charge in [-0.05, 0) is 57.6 Å². The van der Waals surface area contributed by atoms with Crippen molar-refractivity contribution in [2.45, 2.75) is 45.8 Å². The van der Waals surface area contributed by atoms with Gasteiger partial charge in [-0.1, -0.05) is 35.9 Å². The quantitative estimate of drug-likeness (QED) is 0.763. The summed E-state index contributed by atoms with van der Waals surface area (Å²) >= 11 is 5.55. The molecule has 0 saturated heterocycles. The largest absolute Gasteiger partial charge is 0.487 e. The topological polar surface area (TPSA) is 33.3 Å². The molecule has 1 atom stereocenters. The molecule has 3 rings (SSSR count). The second-order valence-electron chi connectivity index (χ2n) is 7.07. The van der Waals surface area contributed by atoms with Gasteiger partial charge in [0.05, 0.1) is 6.04 Å². The third-order valence-electron chi connectivity index (χ3n) is 4.31. The number of rotatable bonds is 2. The molecule has 1 unspecified atom stereocenters. The van der Waals surface area contributed by atoms with Crippen LogP contribution in [0.15, 0.2) is 42.5 Å². The van der Waals surface area contributed by atoms with Crippen LogP contribution in [0.5, 0.6) is 5.75 Å². The summed E-state index contributed by atoms with van der Waals surface area (Å²) in [4.78, 5) is 0. The van der Waals surface area contributed by atoms with Gasteiger partial charge in [-0.25, -0.2) is 0 Å². The van der Waals surface area contributed by atoms with Gasteiger partial charge in [-0.15, -0.1) is 0 Å². The average molecular weight is 340 g/mol. The maximum absolute atomic E-state index is 6.08. The van der Waals surface area contributed by atoms with Crippen LogP contribution in [-0.4, -0.2) is 10.7 Å². The van der Waals surface area contributed by atoms with Gasteiger partial charge in [0, 0.05) is 17.7 Å². The molecule has 0 bridgehead atoms. The number of thiocarbonyl (C=S) groups is 1. The highest BCUT2D eigenvalue weighted by atomic mass is 32.1. The zero-order valence-corrected chi connectivity index (χ0v) is 15.5. The van der Waals surface area contributed by atoms with Gasteiger partial charge in [-0.3, -0.25) is 0 Å². The summed E-state index contributed by atoms with van der Waals surface area (Å²) in [5.74, 6) is 0.931. The first-order chi connectivity index (χ1) is 11.3. The summed E-state index contributed by atoms with van der Waals surface area (Å²) < 4.78 is 6.08. The minimum atomic E-state index is -0.221. The molecular formula is C20H24N2OS. The van der Waals surface area contributed by atoms with Crippen LogP contribution in [0.2, 0.25) is 0 Å². The van der Waals surface area contributed by atoms with Crippen molar-refractivity contribution in [1.29, 1.82) is 0 Å². The Balaban J connectivity index is 1.76. The van der Waals surface area contributed by atoms with E-state index in [2.05, 4.69) is 62.6 Å². The fourth-order valence-corrected chi connectivity index (χ4v) is 3.45. The second-order valence-corrected chi connectivity index (χ2v) is 7.48. The molecule has 2 aromatic carbocycles. The number of hydrogen-bond donors (Lipinski definition) is 2. The highest BCUT2D eigenvalue weighted by molar-refractivity contribution is 7.80. The first-order valence-corrected chi connectivity index (χ1v) is 8.68. The maximum Gasteiger partial charge on any atom is 0.171 e. The van der Waals surface area contributed by atoms with E-state index in [9.17, 15) is 0 Å². The molecule has 0 saturated carbocycles. The summed E-state index contributed by atoms with van der Waals surface area (Å²) in [6, 6.07) is 14.6. The van der Waals surface area contributed by atoms with Crippen LogP contribution in [0.1, 0.15) is 43.0 Å². The summed E-state index contributed by atoms with van der Waals surface area (Å²) in [5, 5.41) is 7.42. The van der Waals surface area contributed by atoms with E-state index in [1.165, 1.54) is 11.1 Å². The molecule has 126 valence electrons. The number of fused-ring (bicyclic) bond motifs is 1. The van der Waals surface area contributed by atoms with Crippen LogP contribution in [0.25, 0.3) is 0 Å². The third kappa shape index (κ3) is 3.70. The number of ether oxygens (including phenoxy) is 1. The Morgan fingerprint density at radius 1 is 1.17 bits per heavy atom. The van der Waals surface area contributed by atoms with Crippen molar-refractivity contribution in [1.82, 2.24) is 5.32 Å². The van der Waals surface area contributed by atoms with Crippen LogP contribution in [0, 0.1) is 13.8 Å². The molecule has 0 amide bonds. The first-order valence-electron chi connectivity index (χ1n) is 8.27. The molecule has 1 heterocycles. The van der Waals surface area contributed by atoms with Crippen molar-refractivity contribution < 1.29 is 4.74 Å². The van der Waals surface area contributed by atoms with Crippen LogP contribution >= 0.6 is 12.2 Å². The molecule has 2 aromatic rings. The fourth-order valence-electron chi connectivity index (χ4n) is 3.20. The van der Waals surface area contributed by atoms with E-state index in [-0.39, 0.29) is 11.6 Å². The highest BCUT2D eigenvalue weighted by Crippen LogP contribution is 2.39. The van der Waals surface area contributed by atoms with Gasteiger partial charge in [-0.2, -0.15) is 0 Å². The van der Waals surface area contributed by atoms with Crippen molar-refractivity contribution in [2.75, 3.05) is 5.32 Å². The molecule has 0 fully saturated rings. The summed E-state index contributed by atoms with van der Waals surface area (Å²) in [6.45, 7) is 8.40. The van der Waals surface area contributed by atoms with E-state index >= 15 is 0 Å². The van der Waals surface area contributed by atoms with E-state index in [0.717, 1.165) is 23.4 Å². The first kappa shape index (κ1) is 16.8. The van der Waals surface area contributed by atoms with E-state index < -0.39 is 0 Å².